The highest BCUT2D eigenvalue weighted by Crippen LogP contribution is 2.33. The lowest BCUT2D eigenvalue weighted by molar-refractivity contribution is -2.00. The van der Waals surface area contributed by atoms with Gasteiger partial charge in [0.15, 0.2) is 0 Å². The third-order valence-electron chi connectivity index (χ3n) is 4.56. The molecule has 8 heteroatoms. The molecule has 3 aromatic rings. The molecule has 0 N–H and O–H groups in total. The number of hydrogen-bond donors (Lipinski definition) is 0. The van der Waals surface area contributed by atoms with Gasteiger partial charge in [0.2, 0.25) is 6.10 Å². The number of allylic oxidation sites excluding steroid dienone is 1. The molecule has 1 unspecified atom stereocenters. The third-order valence-corrected chi connectivity index (χ3v) is 4.56. The Hall–Kier alpha value is -3.20. The van der Waals surface area contributed by atoms with Gasteiger partial charge in [0.05, 0.1) is 24.0 Å². The summed E-state index contributed by atoms with van der Waals surface area (Å²) in [5.41, 5.74) is 4.39. The number of halogens is 1. The second-order valence-corrected chi connectivity index (χ2v) is 7.82. The molecule has 4 rings (SSSR count). The Labute approximate surface area is 188 Å². The smallest absolute Gasteiger partial charge is 0.374 e. The van der Waals surface area contributed by atoms with Gasteiger partial charge in [0, 0.05) is 25.4 Å². The molecule has 0 saturated heterocycles. The zero-order valence-electron chi connectivity index (χ0n) is 17.5. The zero-order chi connectivity index (χ0) is 23.1. The maximum absolute atomic E-state index is 8.49. The molecule has 0 saturated carbocycles. The van der Waals surface area contributed by atoms with Crippen molar-refractivity contribution in [3.8, 4) is 22.5 Å². The quantitative estimate of drug-likeness (QED) is 0.542. The maximum Gasteiger partial charge on any atom is 0.374 e. The average molecular weight is 456 g/mol. The van der Waals surface area contributed by atoms with Crippen LogP contribution in [0.15, 0.2) is 101 Å². The van der Waals surface area contributed by atoms with E-state index in [-0.39, 0.29) is 6.10 Å². The minimum atomic E-state index is -4.94. The summed E-state index contributed by atoms with van der Waals surface area (Å²) in [5, 5.41) is 0. The second-order valence-electron chi connectivity index (χ2n) is 7.07. The van der Waals surface area contributed by atoms with Gasteiger partial charge in [0.25, 0.3) is 0 Å². The Morgan fingerprint density at radius 3 is 1.94 bits per heavy atom. The van der Waals surface area contributed by atoms with Crippen molar-refractivity contribution < 1.29 is 38.0 Å². The summed E-state index contributed by atoms with van der Waals surface area (Å²) in [6.07, 6.45) is 5.49. The van der Waals surface area contributed by atoms with E-state index >= 15 is 0 Å². The number of nitrogens with zero attached hydrogens (tertiary/aromatic N) is 1. The van der Waals surface area contributed by atoms with E-state index in [1.807, 2.05) is 56.6 Å². The highest BCUT2D eigenvalue weighted by atomic mass is 35.7. The van der Waals surface area contributed by atoms with Crippen LogP contribution < -0.4 is 18.6 Å². The van der Waals surface area contributed by atoms with Crippen LogP contribution in [-0.2, 0) is 4.74 Å². The van der Waals surface area contributed by atoms with Gasteiger partial charge in [0.1, 0.15) is 0 Å². The first-order chi connectivity index (χ1) is 15.2. The molecule has 1 aromatic heterocycles. The predicted octanol–water partition coefficient (Wildman–Crippen LogP) is 1.17. The Bertz CT molecular complexity index is 1010. The number of hydrogen-bond acceptors (Lipinski definition) is 6. The van der Waals surface area contributed by atoms with Crippen molar-refractivity contribution in [1.82, 2.24) is 4.90 Å². The molecule has 1 aliphatic rings. The largest absolute Gasteiger partial charge is 0.480 e. The van der Waals surface area contributed by atoms with E-state index in [0.29, 0.717) is 0 Å². The Morgan fingerprint density at radius 2 is 1.38 bits per heavy atom. The third kappa shape index (κ3) is 6.91. The molecular formula is C24H22ClNO6. The number of rotatable bonds is 4. The van der Waals surface area contributed by atoms with Crippen molar-refractivity contribution in [3.63, 3.8) is 0 Å². The first-order valence-corrected chi connectivity index (χ1v) is 10.9. The second kappa shape index (κ2) is 10.4. The molecule has 32 heavy (non-hydrogen) atoms. The lowest BCUT2D eigenvalue weighted by atomic mass is 10.0. The van der Waals surface area contributed by atoms with Gasteiger partial charge in [-0.25, -0.2) is 23.1 Å². The zero-order valence-corrected chi connectivity index (χ0v) is 18.3. The van der Waals surface area contributed by atoms with Gasteiger partial charge < -0.3 is 9.64 Å². The van der Waals surface area contributed by atoms with Crippen LogP contribution in [0.5, 0.6) is 0 Å². The molecule has 0 radical (unpaired) electrons. The Kier molecular flexibility index (Phi) is 7.63. The van der Waals surface area contributed by atoms with Crippen molar-refractivity contribution in [1.29, 1.82) is 0 Å². The van der Waals surface area contributed by atoms with Crippen LogP contribution >= 0.6 is 0 Å². The van der Waals surface area contributed by atoms with Gasteiger partial charge in [-0.3, -0.25) is 0 Å². The number of likely N-dealkylation sites (N-methyl/N-ethyl adjacent to an activating group) is 1. The molecule has 0 spiro atoms. The van der Waals surface area contributed by atoms with Crippen LogP contribution in [0, 0.1) is 10.2 Å². The fourth-order valence-electron chi connectivity index (χ4n) is 3.10. The molecule has 7 nitrogen and oxygen atoms in total. The van der Waals surface area contributed by atoms with Crippen LogP contribution in [0.1, 0.15) is 11.9 Å². The molecule has 2 aromatic carbocycles. The summed E-state index contributed by atoms with van der Waals surface area (Å²) in [6, 6.07) is 24.6. The molecule has 166 valence electrons. The predicted molar refractivity (Wildman–Crippen MR) is 109 cm³/mol. The lowest BCUT2D eigenvalue weighted by Gasteiger charge is -2.19. The van der Waals surface area contributed by atoms with Gasteiger partial charge in [-0.1, -0.05) is 48.5 Å². The standard InChI is InChI=1S/C24H22NO2.ClHO4/c1-25(2)21-13-14-26-23(17-21)24-16-20(18-9-5-3-6-10-18)15-22(27-24)19-11-7-4-8-12-19;2-1(3,4)5/h3-17,23H,1-2H3;(H,2,3,4,5)/q+1;/p-1. The number of benzene rings is 2. The van der Waals surface area contributed by atoms with E-state index < -0.39 is 10.2 Å². The van der Waals surface area contributed by atoms with E-state index in [1.54, 1.807) is 6.26 Å². The molecule has 1 aliphatic heterocycles. The van der Waals surface area contributed by atoms with Gasteiger partial charge in [-0.05, 0) is 29.8 Å². The Morgan fingerprint density at radius 1 is 0.812 bits per heavy atom. The molecule has 0 fully saturated rings. The maximum atomic E-state index is 8.49. The average Bonchev–Trinajstić information content (AvgIpc) is 2.79. The van der Waals surface area contributed by atoms with E-state index in [0.717, 1.165) is 33.9 Å². The highest BCUT2D eigenvalue weighted by Gasteiger charge is 2.28. The van der Waals surface area contributed by atoms with Crippen molar-refractivity contribution in [2.75, 3.05) is 14.1 Å². The van der Waals surface area contributed by atoms with Crippen LogP contribution in [0.2, 0.25) is 0 Å². The summed E-state index contributed by atoms with van der Waals surface area (Å²) < 4.78 is 46.1. The van der Waals surface area contributed by atoms with E-state index in [4.69, 9.17) is 27.8 Å². The molecule has 0 bridgehead atoms. The SMILES string of the molecule is CN(C)C1=CC(c2cc(-c3ccccc3)cc(-c3ccccc3)[o+]2)OC=C1.[O-][Cl+3]([O-])([O-])[O-]. The van der Waals surface area contributed by atoms with Gasteiger partial charge in [-0.2, -0.15) is 0 Å². The molecule has 0 amide bonds. The summed E-state index contributed by atoms with van der Waals surface area (Å²) in [6.45, 7) is 0. The van der Waals surface area contributed by atoms with Crippen LogP contribution in [0.3, 0.4) is 0 Å². The van der Waals surface area contributed by atoms with Crippen molar-refractivity contribution in [2.45, 2.75) is 6.10 Å². The topological polar surface area (TPSA) is 116 Å². The van der Waals surface area contributed by atoms with E-state index in [2.05, 4.69) is 47.4 Å². The molecular weight excluding hydrogens is 434 g/mol. The van der Waals surface area contributed by atoms with Crippen LogP contribution in [0.4, 0.5) is 0 Å². The molecule has 0 aliphatic carbocycles. The van der Waals surface area contributed by atoms with Crippen LogP contribution in [-0.4, -0.2) is 19.0 Å². The van der Waals surface area contributed by atoms with Gasteiger partial charge in [-0.15, -0.1) is 10.2 Å². The normalized spacial score (nSPS) is 15.2. The molecule has 2 heterocycles. The summed E-state index contributed by atoms with van der Waals surface area (Å²) in [4.78, 5) is 2.06. The summed E-state index contributed by atoms with van der Waals surface area (Å²) in [7, 11) is -0.906. The summed E-state index contributed by atoms with van der Waals surface area (Å²) >= 11 is 0. The van der Waals surface area contributed by atoms with Crippen molar-refractivity contribution in [3.05, 3.63) is 103 Å². The first kappa shape index (κ1) is 23.5. The minimum Gasteiger partial charge on any atom is -0.480 e. The number of ether oxygens (including phenoxy) is 1. The monoisotopic (exact) mass is 455 g/mol. The van der Waals surface area contributed by atoms with E-state index in [1.165, 1.54) is 0 Å². The van der Waals surface area contributed by atoms with Gasteiger partial charge >= 0.3 is 11.5 Å². The fraction of sp³-hybridized carbons (Fsp3) is 0.125. The first-order valence-electron chi connectivity index (χ1n) is 9.62. The Balaban J connectivity index is 0.000000523. The molecule has 1 atom stereocenters. The fourth-order valence-corrected chi connectivity index (χ4v) is 3.10. The highest BCUT2D eigenvalue weighted by molar-refractivity contribution is 5.69. The van der Waals surface area contributed by atoms with Crippen LogP contribution in [0.25, 0.3) is 22.5 Å². The van der Waals surface area contributed by atoms with Crippen molar-refractivity contribution in [2.24, 2.45) is 0 Å². The van der Waals surface area contributed by atoms with Crippen molar-refractivity contribution >= 4 is 0 Å². The van der Waals surface area contributed by atoms with E-state index in [9.17, 15) is 0 Å². The lowest BCUT2D eigenvalue weighted by Crippen LogP contribution is -2.68. The summed E-state index contributed by atoms with van der Waals surface area (Å²) in [5.74, 6) is 1.60. The minimum absolute atomic E-state index is 0.265.